The number of rotatable bonds is 11. The van der Waals surface area contributed by atoms with Gasteiger partial charge in [0.1, 0.15) is 17.2 Å². The van der Waals surface area contributed by atoms with Gasteiger partial charge in [-0.25, -0.2) is 0 Å². The van der Waals surface area contributed by atoms with Crippen LogP contribution in [0.1, 0.15) is 16.2 Å². The third-order valence-electron chi connectivity index (χ3n) is 6.47. The van der Waals surface area contributed by atoms with Crippen LogP contribution in [0.25, 0.3) is 16.5 Å². The SMILES string of the molecule is COc1ccc(NC(=O)CSc2nnc(CNC(=O)c3cccc4ccccc34)n2-c2cc(OC)ccc2OC)cc1. The highest BCUT2D eigenvalue weighted by Gasteiger charge is 2.21. The maximum Gasteiger partial charge on any atom is 0.252 e. The Morgan fingerprint density at radius 1 is 0.833 bits per heavy atom. The molecule has 2 N–H and O–H groups in total. The standard InChI is InChI=1S/C31H29N5O5S/c1-39-22-13-11-21(12-14-22)33-29(37)19-42-31-35-34-28(36(31)26-17-23(40-2)15-16-27(26)41-3)18-32-30(38)25-10-6-8-20-7-4-5-9-24(20)25/h4-17H,18-19H2,1-3H3,(H,32,38)(H,33,37). The minimum atomic E-state index is -0.243. The van der Waals surface area contributed by atoms with Crippen LogP contribution < -0.4 is 24.8 Å². The monoisotopic (exact) mass is 583 g/mol. The maximum absolute atomic E-state index is 13.3. The van der Waals surface area contributed by atoms with Crippen LogP contribution in [-0.2, 0) is 11.3 Å². The van der Waals surface area contributed by atoms with Crippen LogP contribution in [0.4, 0.5) is 5.69 Å². The molecule has 0 saturated carbocycles. The number of fused-ring (bicyclic) bond motifs is 1. The molecule has 214 valence electrons. The molecule has 0 aliphatic heterocycles. The molecule has 0 atom stereocenters. The summed E-state index contributed by atoms with van der Waals surface area (Å²) in [5, 5.41) is 16.8. The van der Waals surface area contributed by atoms with Gasteiger partial charge in [-0.3, -0.25) is 14.2 Å². The number of benzene rings is 4. The van der Waals surface area contributed by atoms with Crippen LogP contribution >= 0.6 is 11.8 Å². The summed E-state index contributed by atoms with van der Waals surface area (Å²) < 4.78 is 18.0. The number of thioether (sulfide) groups is 1. The second kappa shape index (κ2) is 13.1. The Kier molecular flexibility index (Phi) is 8.88. The molecule has 4 aromatic carbocycles. The number of aromatic nitrogens is 3. The molecule has 1 heterocycles. The van der Waals surface area contributed by atoms with Crippen molar-refractivity contribution in [2.45, 2.75) is 11.7 Å². The van der Waals surface area contributed by atoms with Gasteiger partial charge >= 0.3 is 0 Å². The van der Waals surface area contributed by atoms with Crippen LogP contribution in [0.2, 0.25) is 0 Å². The number of carbonyl (C=O) groups is 2. The quantitative estimate of drug-likeness (QED) is 0.206. The maximum atomic E-state index is 13.3. The molecule has 0 radical (unpaired) electrons. The van der Waals surface area contributed by atoms with E-state index in [1.165, 1.54) is 11.8 Å². The summed E-state index contributed by atoms with van der Waals surface area (Å²) in [6.07, 6.45) is 0. The van der Waals surface area contributed by atoms with Crippen LogP contribution in [0.5, 0.6) is 17.2 Å². The number of ether oxygens (including phenoxy) is 3. The van der Waals surface area contributed by atoms with Gasteiger partial charge in [-0.2, -0.15) is 0 Å². The van der Waals surface area contributed by atoms with Crippen molar-refractivity contribution in [3.63, 3.8) is 0 Å². The first-order chi connectivity index (χ1) is 20.5. The number of hydrogen-bond acceptors (Lipinski definition) is 8. The van der Waals surface area contributed by atoms with Gasteiger partial charge in [-0.15, -0.1) is 10.2 Å². The Bertz CT molecular complexity index is 1720. The average molecular weight is 584 g/mol. The van der Waals surface area contributed by atoms with Gasteiger partial charge in [0.15, 0.2) is 11.0 Å². The summed E-state index contributed by atoms with van der Waals surface area (Å²) in [6.45, 7) is 0.0774. The normalized spacial score (nSPS) is 10.7. The molecule has 0 aliphatic rings. The van der Waals surface area contributed by atoms with E-state index in [9.17, 15) is 9.59 Å². The van der Waals surface area contributed by atoms with Crippen molar-refractivity contribution >= 4 is 40.0 Å². The fourth-order valence-electron chi connectivity index (χ4n) is 4.40. The van der Waals surface area contributed by atoms with E-state index in [0.29, 0.717) is 45.2 Å². The van der Waals surface area contributed by atoms with Crippen LogP contribution in [0.15, 0.2) is 90.1 Å². The van der Waals surface area contributed by atoms with E-state index >= 15 is 0 Å². The molecule has 42 heavy (non-hydrogen) atoms. The molecule has 2 amide bonds. The van der Waals surface area contributed by atoms with Gasteiger partial charge in [-0.1, -0.05) is 48.2 Å². The first-order valence-corrected chi connectivity index (χ1v) is 14.0. The van der Waals surface area contributed by atoms with Gasteiger partial charge in [0.25, 0.3) is 5.91 Å². The summed E-state index contributed by atoms with van der Waals surface area (Å²) >= 11 is 1.21. The number of nitrogens with zero attached hydrogens (tertiary/aromatic N) is 3. The molecule has 5 rings (SSSR count). The Morgan fingerprint density at radius 3 is 2.33 bits per heavy atom. The molecule has 0 spiro atoms. The second-order valence-corrected chi connectivity index (χ2v) is 9.99. The fraction of sp³-hybridized carbons (Fsp3) is 0.161. The van der Waals surface area contributed by atoms with E-state index in [2.05, 4.69) is 20.8 Å². The second-order valence-electron chi connectivity index (χ2n) is 9.05. The van der Waals surface area contributed by atoms with Gasteiger partial charge in [0, 0.05) is 17.3 Å². The number of amides is 2. The number of nitrogens with one attached hydrogen (secondary N) is 2. The third-order valence-corrected chi connectivity index (χ3v) is 7.40. The summed E-state index contributed by atoms with van der Waals surface area (Å²) in [5.74, 6) is 1.89. The molecule has 5 aromatic rings. The lowest BCUT2D eigenvalue weighted by atomic mass is 10.0. The zero-order valence-electron chi connectivity index (χ0n) is 23.3. The fourth-order valence-corrected chi connectivity index (χ4v) is 5.16. The topological polar surface area (TPSA) is 117 Å². The van der Waals surface area contributed by atoms with E-state index in [1.54, 1.807) is 74.4 Å². The summed E-state index contributed by atoms with van der Waals surface area (Å²) in [6, 6.07) is 25.7. The minimum Gasteiger partial charge on any atom is -0.497 e. The summed E-state index contributed by atoms with van der Waals surface area (Å²) in [4.78, 5) is 26.0. The van der Waals surface area contributed by atoms with Crippen molar-refractivity contribution < 1.29 is 23.8 Å². The Morgan fingerprint density at radius 2 is 1.57 bits per heavy atom. The van der Waals surface area contributed by atoms with E-state index in [0.717, 1.165) is 10.8 Å². The zero-order valence-corrected chi connectivity index (χ0v) is 24.1. The van der Waals surface area contributed by atoms with Gasteiger partial charge in [-0.05, 0) is 53.2 Å². The van der Waals surface area contributed by atoms with Crippen molar-refractivity contribution in [3.05, 3.63) is 96.3 Å². The highest BCUT2D eigenvalue weighted by atomic mass is 32.2. The van der Waals surface area contributed by atoms with Gasteiger partial charge in [0.05, 0.1) is 39.3 Å². The molecule has 11 heteroatoms. The van der Waals surface area contributed by atoms with Crippen LogP contribution in [0.3, 0.4) is 0 Å². The summed E-state index contributed by atoms with van der Waals surface area (Å²) in [7, 11) is 4.72. The molecule has 10 nitrogen and oxygen atoms in total. The van der Waals surface area contributed by atoms with Crippen molar-refractivity contribution in [1.82, 2.24) is 20.1 Å². The van der Waals surface area contributed by atoms with Crippen molar-refractivity contribution in [2.75, 3.05) is 32.4 Å². The number of methoxy groups -OCH3 is 3. The van der Waals surface area contributed by atoms with Crippen molar-refractivity contribution in [2.24, 2.45) is 0 Å². The highest BCUT2D eigenvalue weighted by molar-refractivity contribution is 7.99. The lowest BCUT2D eigenvalue weighted by molar-refractivity contribution is -0.113. The Hall–Kier alpha value is -5.03. The zero-order chi connectivity index (χ0) is 29.5. The van der Waals surface area contributed by atoms with Gasteiger partial charge in [0.2, 0.25) is 5.91 Å². The Balaban J connectivity index is 1.40. The lowest BCUT2D eigenvalue weighted by Gasteiger charge is -2.15. The third kappa shape index (κ3) is 6.31. The largest absolute Gasteiger partial charge is 0.497 e. The molecule has 0 unspecified atom stereocenters. The van der Waals surface area contributed by atoms with Crippen molar-refractivity contribution in [3.8, 4) is 22.9 Å². The van der Waals surface area contributed by atoms with E-state index in [1.807, 2.05) is 36.4 Å². The van der Waals surface area contributed by atoms with Crippen molar-refractivity contribution in [1.29, 1.82) is 0 Å². The van der Waals surface area contributed by atoms with Gasteiger partial charge < -0.3 is 24.8 Å². The van der Waals surface area contributed by atoms with E-state index in [4.69, 9.17) is 14.2 Å². The van der Waals surface area contributed by atoms with Crippen LogP contribution in [-0.4, -0.2) is 53.7 Å². The lowest BCUT2D eigenvalue weighted by Crippen LogP contribution is -2.25. The van der Waals surface area contributed by atoms with Crippen LogP contribution in [0, 0.1) is 0 Å². The van der Waals surface area contributed by atoms with E-state index < -0.39 is 0 Å². The smallest absolute Gasteiger partial charge is 0.252 e. The summed E-state index contributed by atoms with van der Waals surface area (Å²) in [5.41, 5.74) is 1.81. The molecule has 1 aromatic heterocycles. The predicted octanol–water partition coefficient (Wildman–Crippen LogP) is 5.11. The number of hydrogen-bond donors (Lipinski definition) is 2. The highest BCUT2D eigenvalue weighted by Crippen LogP contribution is 2.32. The number of anilines is 1. The molecule has 0 saturated heterocycles. The number of carbonyl (C=O) groups excluding carboxylic acids is 2. The molecule has 0 aliphatic carbocycles. The first-order valence-electron chi connectivity index (χ1n) is 13.0. The molecule has 0 bridgehead atoms. The Labute approximate surface area is 247 Å². The predicted molar refractivity (Wildman–Crippen MR) is 162 cm³/mol. The molecular weight excluding hydrogens is 554 g/mol. The molecule has 0 fully saturated rings. The molecular formula is C31H29N5O5S. The first kappa shape index (κ1) is 28.5. The minimum absolute atomic E-state index is 0.0683. The average Bonchev–Trinajstić information content (AvgIpc) is 3.44. The van der Waals surface area contributed by atoms with E-state index in [-0.39, 0.29) is 24.1 Å².